The fourth-order valence-corrected chi connectivity index (χ4v) is 2.44. The van der Waals surface area contributed by atoms with Crippen LogP contribution >= 0.6 is 0 Å². The second-order valence-electron chi connectivity index (χ2n) is 5.18. The molecule has 0 aliphatic carbocycles. The number of nitrogens with zero attached hydrogens (tertiary/aromatic N) is 4. The molecule has 3 rings (SSSR count). The molecule has 2 heterocycles. The van der Waals surface area contributed by atoms with Crippen molar-refractivity contribution in [1.82, 2.24) is 20.0 Å². The van der Waals surface area contributed by atoms with Crippen LogP contribution in [0.25, 0.3) is 5.69 Å². The Bertz CT molecular complexity index is 754. The lowest BCUT2D eigenvalue weighted by atomic mass is 10.1. The van der Waals surface area contributed by atoms with Gasteiger partial charge in [0.05, 0.1) is 24.6 Å². The summed E-state index contributed by atoms with van der Waals surface area (Å²) in [6.45, 7) is 0.195. The van der Waals surface area contributed by atoms with Crippen LogP contribution in [0.5, 0.6) is 0 Å². The standard InChI is InChI=1S/C17H18N4O2/c1-23-12-17-16(11-22)19-20-21(17)15-4-2-13(3-5-15)10-14-6-8-18-9-7-14/h2-9,22H,10-12H2,1H3. The van der Waals surface area contributed by atoms with Gasteiger partial charge in [0.25, 0.3) is 0 Å². The minimum Gasteiger partial charge on any atom is -0.390 e. The number of ether oxygens (including phenoxy) is 1. The van der Waals surface area contributed by atoms with Crippen molar-refractivity contribution in [2.24, 2.45) is 0 Å². The zero-order chi connectivity index (χ0) is 16.1. The molecule has 0 fully saturated rings. The third kappa shape index (κ3) is 3.44. The van der Waals surface area contributed by atoms with Gasteiger partial charge < -0.3 is 9.84 Å². The molecule has 0 aliphatic rings. The normalized spacial score (nSPS) is 10.9. The number of benzene rings is 1. The smallest absolute Gasteiger partial charge is 0.114 e. The number of hydrogen-bond acceptors (Lipinski definition) is 5. The van der Waals surface area contributed by atoms with Crippen molar-refractivity contribution < 1.29 is 9.84 Å². The molecule has 0 saturated carbocycles. The molecule has 0 bridgehead atoms. The van der Waals surface area contributed by atoms with E-state index in [2.05, 4.69) is 27.4 Å². The maximum Gasteiger partial charge on any atom is 0.114 e. The largest absolute Gasteiger partial charge is 0.390 e. The highest BCUT2D eigenvalue weighted by molar-refractivity contribution is 5.37. The maximum atomic E-state index is 9.34. The molecule has 0 radical (unpaired) electrons. The average Bonchev–Trinajstić information content (AvgIpc) is 3.00. The lowest BCUT2D eigenvalue weighted by Crippen LogP contribution is -2.05. The Morgan fingerprint density at radius 1 is 1.04 bits per heavy atom. The van der Waals surface area contributed by atoms with Crippen LogP contribution in [0.4, 0.5) is 0 Å². The first kappa shape index (κ1) is 15.3. The maximum absolute atomic E-state index is 9.34. The molecule has 0 spiro atoms. The van der Waals surface area contributed by atoms with Gasteiger partial charge in [-0.25, -0.2) is 4.68 Å². The minimum atomic E-state index is -0.154. The quantitative estimate of drug-likeness (QED) is 0.752. The highest BCUT2D eigenvalue weighted by atomic mass is 16.5. The fraction of sp³-hybridized carbons (Fsp3) is 0.235. The van der Waals surface area contributed by atoms with E-state index in [1.807, 2.05) is 24.3 Å². The molecule has 6 nitrogen and oxygen atoms in total. The van der Waals surface area contributed by atoms with Crippen LogP contribution in [0.3, 0.4) is 0 Å². The van der Waals surface area contributed by atoms with Gasteiger partial charge in [0, 0.05) is 19.5 Å². The fourth-order valence-electron chi connectivity index (χ4n) is 2.44. The summed E-state index contributed by atoms with van der Waals surface area (Å²) in [5.74, 6) is 0. The van der Waals surface area contributed by atoms with Crippen LogP contribution in [0.15, 0.2) is 48.8 Å². The molecule has 1 aromatic carbocycles. The molecule has 23 heavy (non-hydrogen) atoms. The van der Waals surface area contributed by atoms with Crippen LogP contribution in [0.1, 0.15) is 22.5 Å². The van der Waals surface area contributed by atoms with Crippen LogP contribution in [0, 0.1) is 0 Å². The molecule has 3 aromatic rings. The molecule has 0 unspecified atom stereocenters. The summed E-state index contributed by atoms with van der Waals surface area (Å²) in [6.07, 6.45) is 4.45. The van der Waals surface area contributed by atoms with Crippen molar-refractivity contribution in [2.45, 2.75) is 19.6 Å². The predicted molar refractivity (Wildman–Crippen MR) is 85.0 cm³/mol. The summed E-state index contributed by atoms with van der Waals surface area (Å²) >= 11 is 0. The highest BCUT2D eigenvalue weighted by Crippen LogP contribution is 2.16. The van der Waals surface area contributed by atoms with E-state index in [4.69, 9.17) is 4.74 Å². The van der Waals surface area contributed by atoms with Crippen molar-refractivity contribution in [2.75, 3.05) is 7.11 Å². The van der Waals surface area contributed by atoms with Crippen LogP contribution in [-0.4, -0.2) is 32.2 Å². The summed E-state index contributed by atoms with van der Waals surface area (Å²) in [5.41, 5.74) is 4.61. The van der Waals surface area contributed by atoms with Crippen molar-refractivity contribution >= 4 is 0 Å². The second kappa shape index (κ2) is 7.13. The average molecular weight is 310 g/mol. The van der Waals surface area contributed by atoms with Crippen molar-refractivity contribution in [3.05, 3.63) is 71.3 Å². The zero-order valence-corrected chi connectivity index (χ0v) is 12.9. The van der Waals surface area contributed by atoms with E-state index in [9.17, 15) is 5.11 Å². The van der Waals surface area contributed by atoms with Gasteiger partial charge in [-0.05, 0) is 41.8 Å². The van der Waals surface area contributed by atoms with Gasteiger partial charge in [-0.3, -0.25) is 4.98 Å². The summed E-state index contributed by atoms with van der Waals surface area (Å²) in [7, 11) is 1.61. The number of rotatable bonds is 6. The van der Waals surface area contributed by atoms with Crippen molar-refractivity contribution in [3.8, 4) is 5.69 Å². The molecule has 0 amide bonds. The Balaban J connectivity index is 1.83. The monoisotopic (exact) mass is 310 g/mol. The van der Waals surface area contributed by atoms with E-state index in [0.29, 0.717) is 12.3 Å². The summed E-state index contributed by atoms with van der Waals surface area (Å²) in [4.78, 5) is 4.03. The van der Waals surface area contributed by atoms with Crippen LogP contribution < -0.4 is 0 Å². The van der Waals surface area contributed by atoms with Crippen LogP contribution in [-0.2, 0) is 24.4 Å². The van der Waals surface area contributed by atoms with Crippen LogP contribution in [0.2, 0.25) is 0 Å². The third-order valence-electron chi connectivity index (χ3n) is 3.61. The van der Waals surface area contributed by atoms with Gasteiger partial charge in [-0.1, -0.05) is 17.3 Å². The number of hydrogen-bond donors (Lipinski definition) is 1. The summed E-state index contributed by atoms with van der Waals surface area (Å²) in [6, 6.07) is 12.1. The van der Waals surface area contributed by atoms with E-state index < -0.39 is 0 Å². The topological polar surface area (TPSA) is 73.1 Å². The van der Waals surface area contributed by atoms with E-state index in [0.717, 1.165) is 17.8 Å². The molecular weight excluding hydrogens is 292 g/mol. The molecular formula is C17H18N4O2. The number of aliphatic hydroxyl groups excluding tert-OH is 1. The Morgan fingerprint density at radius 3 is 2.39 bits per heavy atom. The van der Waals surface area contributed by atoms with Gasteiger partial charge in [0.15, 0.2) is 0 Å². The van der Waals surface area contributed by atoms with Gasteiger partial charge >= 0.3 is 0 Å². The van der Waals surface area contributed by atoms with Gasteiger partial charge in [0.2, 0.25) is 0 Å². The number of methoxy groups -OCH3 is 1. The first-order valence-corrected chi connectivity index (χ1v) is 7.33. The second-order valence-corrected chi connectivity index (χ2v) is 5.18. The predicted octanol–water partition coefficient (Wildman–Crippen LogP) is 1.89. The Morgan fingerprint density at radius 2 is 1.74 bits per heavy atom. The van der Waals surface area contributed by atoms with E-state index in [-0.39, 0.29) is 6.61 Å². The summed E-state index contributed by atoms with van der Waals surface area (Å²) in [5, 5.41) is 17.4. The van der Waals surface area contributed by atoms with Crippen molar-refractivity contribution in [3.63, 3.8) is 0 Å². The molecule has 1 N–H and O–H groups in total. The van der Waals surface area contributed by atoms with Gasteiger partial charge in [-0.2, -0.15) is 0 Å². The number of aromatic nitrogens is 4. The van der Waals surface area contributed by atoms with E-state index in [1.54, 1.807) is 24.2 Å². The number of pyridine rings is 1. The molecule has 0 saturated heterocycles. The lowest BCUT2D eigenvalue weighted by Gasteiger charge is -2.08. The molecule has 6 heteroatoms. The third-order valence-corrected chi connectivity index (χ3v) is 3.61. The molecule has 118 valence electrons. The van der Waals surface area contributed by atoms with E-state index >= 15 is 0 Å². The highest BCUT2D eigenvalue weighted by Gasteiger charge is 2.13. The SMILES string of the molecule is COCc1c(CO)nnn1-c1ccc(Cc2ccncc2)cc1. The minimum absolute atomic E-state index is 0.154. The molecule has 0 atom stereocenters. The lowest BCUT2D eigenvalue weighted by molar-refractivity contribution is 0.175. The Hall–Kier alpha value is -2.57. The first-order valence-electron chi connectivity index (χ1n) is 7.33. The zero-order valence-electron chi connectivity index (χ0n) is 12.9. The van der Waals surface area contributed by atoms with Crippen molar-refractivity contribution in [1.29, 1.82) is 0 Å². The first-order chi connectivity index (χ1) is 11.3. The molecule has 0 aliphatic heterocycles. The summed E-state index contributed by atoms with van der Waals surface area (Å²) < 4.78 is 6.88. The Kier molecular flexibility index (Phi) is 4.75. The van der Waals surface area contributed by atoms with Gasteiger partial charge in [0.1, 0.15) is 5.69 Å². The van der Waals surface area contributed by atoms with Gasteiger partial charge in [-0.15, -0.1) is 5.10 Å². The Labute approximate surface area is 134 Å². The van der Waals surface area contributed by atoms with E-state index in [1.165, 1.54) is 11.1 Å². The number of aliphatic hydroxyl groups is 1. The molecule has 2 aromatic heterocycles.